The summed E-state index contributed by atoms with van der Waals surface area (Å²) in [6, 6.07) is 69.0. The molecule has 0 fully saturated rings. The van der Waals surface area contributed by atoms with Crippen LogP contribution in [-0.4, -0.2) is 4.57 Å². The lowest BCUT2D eigenvalue weighted by atomic mass is 10.0. The monoisotopic (exact) mass is 652 g/mol. The zero-order chi connectivity index (χ0) is 33.7. The van der Waals surface area contributed by atoms with Crippen molar-refractivity contribution in [2.24, 2.45) is 0 Å². The first kappa shape index (κ1) is 29.1. The Morgan fingerprint density at radius 3 is 1.39 bits per heavy atom. The number of rotatable bonds is 6. The maximum Gasteiger partial charge on any atom is 0.137 e. The largest absolute Gasteiger partial charge is 0.456 e. The third kappa shape index (κ3) is 4.98. The van der Waals surface area contributed by atoms with Crippen molar-refractivity contribution in [2.75, 3.05) is 4.90 Å². The third-order valence-electron chi connectivity index (χ3n) is 10.0. The molecule has 8 aromatic carbocycles. The van der Waals surface area contributed by atoms with E-state index in [0.29, 0.717) is 0 Å². The molecule has 0 aliphatic heterocycles. The highest BCUT2D eigenvalue weighted by Crippen LogP contribution is 2.41. The average Bonchev–Trinajstić information content (AvgIpc) is 3.74. The van der Waals surface area contributed by atoms with E-state index in [1.165, 1.54) is 44.1 Å². The average molecular weight is 653 g/mol. The summed E-state index contributed by atoms with van der Waals surface area (Å²) in [7, 11) is 0. The van der Waals surface area contributed by atoms with Gasteiger partial charge in [0.15, 0.2) is 0 Å². The van der Waals surface area contributed by atoms with Crippen LogP contribution in [0.25, 0.3) is 71.7 Å². The molecule has 0 saturated heterocycles. The van der Waals surface area contributed by atoms with Gasteiger partial charge in [-0.05, 0) is 89.0 Å². The fourth-order valence-corrected chi connectivity index (χ4v) is 7.55. The van der Waals surface area contributed by atoms with Crippen molar-refractivity contribution < 1.29 is 4.42 Å². The summed E-state index contributed by atoms with van der Waals surface area (Å²) in [5.74, 6) is 0. The maximum atomic E-state index is 6.58. The fourth-order valence-electron chi connectivity index (χ4n) is 7.55. The summed E-state index contributed by atoms with van der Waals surface area (Å²) in [6.45, 7) is 0. The Kier molecular flexibility index (Phi) is 6.81. The summed E-state index contributed by atoms with van der Waals surface area (Å²) in [6.07, 6.45) is 0. The number of furan rings is 1. The predicted molar refractivity (Wildman–Crippen MR) is 214 cm³/mol. The van der Waals surface area contributed by atoms with E-state index in [9.17, 15) is 0 Å². The second-order valence-corrected chi connectivity index (χ2v) is 13.0. The van der Waals surface area contributed by atoms with E-state index < -0.39 is 0 Å². The first-order valence-corrected chi connectivity index (χ1v) is 17.3. The van der Waals surface area contributed by atoms with Gasteiger partial charge in [0.25, 0.3) is 0 Å². The molecule has 3 nitrogen and oxygen atoms in total. The van der Waals surface area contributed by atoms with E-state index in [1.807, 2.05) is 0 Å². The predicted octanol–water partition coefficient (Wildman–Crippen LogP) is 13.5. The first-order chi connectivity index (χ1) is 25.3. The van der Waals surface area contributed by atoms with E-state index >= 15 is 0 Å². The number of hydrogen-bond acceptors (Lipinski definition) is 2. The van der Waals surface area contributed by atoms with Crippen LogP contribution in [0.15, 0.2) is 199 Å². The summed E-state index contributed by atoms with van der Waals surface area (Å²) < 4.78 is 8.94. The van der Waals surface area contributed by atoms with Crippen LogP contribution in [0.5, 0.6) is 0 Å². The number of aromatic nitrogens is 1. The Labute approximate surface area is 295 Å². The Morgan fingerprint density at radius 1 is 0.333 bits per heavy atom. The van der Waals surface area contributed by atoms with Gasteiger partial charge in [-0.15, -0.1) is 0 Å². The molecule has 2 aromatic heterocycles. The van der Waals surface area contributed by atoms with Crippen molar-refractivity contribution >= 4 is 60.8 Å². The highest BCUT2D eigenvalue weighted by molar-refractivity contribution is 6.11. The van der Waals surface area contributed by atoms with Gasteiger partial charge in [0.05, 0.1) is 11.0 Å². The fraction of sp³-hybridized carbons (Fsp3) is 0. The molecule has 0 bridgehead atoms. The smallest absolute Gasteiger partial charge is 0.137 e. The van der Waals surface area contributed by atoms with Gasteiger partial charge in [-0.25, -0.2) is 0 Å². The van der Waals surface area contributed by atoms with Crippen LogP contribution in [0.2, 0.25) is 0 Å². The Balaban J connectivity index is 1.09. The molecule has 0 aliphatic rings. The van der Waals surface area contributed by atoms with Crippen molar-refractivity contribution in [2.45, 2.75) is 0 Å². The minimum atomic E-state index is 0.855. The molecule has 0 atom stereocenters. The highest BCUT2D eigenvalue weighted by atomic mass is 16.3. The quantitative estimate of drug-likeness (QED) is 0.178. The van der Waals surface area contributed by atoms with Crippen LogP contribution in [0, 0.1) is 0 Å². The number of anilines is 3. The zero-order valence-electron chi connectivity index (χ0n) is 27.8. The van der Waals surface area contributed by atoms with E-state index in [-0.39, 0.29) is 0 Å². The summed E-state index contributed by atoms with van der Waals surface area (Å²) >= 11 is 0. The van der Waals surface area contributed by atoms with Gasteiger partial charge in [0.1, 0.15) is 11.2 Å². The molecule has 0 amide bonds. The molecule has 10 aromatic rings. The highest BCUT2D eigenvalue weighted by Gasteiger charge is 2.18. The normalized spacial score (nSPS) is 11.5. The number of para-hydroxylation sites is 2. The van der Waals surface area contributed by atoms with Crippen molar-refractivity contribution in [1.82, 2.24) is 4.57 Å². The number of fused-ring (bicyclic) bond motifs is 6. The Bertz CT molecular complexity index is 2690. The molecule has 0 saturated carbocycles. The minimum Gasteiger partial charge on any atom is -0.456 e. The summed E-state index contributed by atoms with van der Waals surface area (Å²) in [5, 5.41) is 4.70. The number of hydrogen-bond donors (Lipinski definition) is 0. The van der Waals surface area contributed by atoms with Crippen molar-refractivity contribution in [3.05, 3.63) is 194 Å². The Hall–Kier alpha value is -6.84. The molecular formula is C48H32N2O. The van der Waals surface area contributed by atoms with E-state index in [4.69, 9.17) is 4.42 Å². The van der Waals surface area contributed by atoms with Crippen LogP contribution in [0.3, 0.4) is 0 Å². The number of benzene rings is 8. The molecule has 3 heteroatoms. The maximum absolute atomic E-state index is 6.58. The van der Waals surface area contributed by atoms with Crippen molar-refractivity contribution in [1.29, 1.82) is 0 Å². The van der Waals surface area contributed by atoms with E-state index in [0.717, 1.165) is 44.7 Å². The van der Waals surface area contributed by atoms with Gasteiger partial charge in [-0.1, -0.05) is 121 Å². The van der Waals surface area contributed by atoms with E-state index in [2.05, 4.69) is 204 Å². The molecule has 0 radical (unpaired) electrons. The molecule has 0 spiro atoms. The molecule has 0 unspecified atom stereocenters. The molecule has 0 N–H and O–H groups in total. The molecule has 10 rings (SSSR count). The Morgan fingerprint density at radius 2 is 0.824 bits per heavy atom. The summed E-state index contributed by atoms with van der Waals surface area (Å²) in [5.41, 5.74) is 13.2. The van der Waals surface area contributed by atoms with Crippen LogP contribution in [0.1, 0.15) is 0 Å². The van der Waals surface area contributed by atoms with Crippen LogP contribution < -0.4 is 4.90 Å². The van der Waals surface area contributed by atoms with Crippen LogP contribution in [0.4, 0.5) is 17.1 Å². The summed E-state index contributed by atoms with van der Waals surface area (Å²) in [4.78, 5) is 2.31. The zero-order valence-corrected chi connectivity index (χ0v) is 27.8. The van der Waals surface area contributed by atoms with Gasteiger partial charge in [0.2, 0.25) is 0 Å². The minimum absolute atomic E-state index is 0.855. The molecule has 0 aliphatic carbocycles. The SMILES string of the molecule is c1ccc(-c2ccc(N(c3ccc(-c4ccccc4)cc3)c3ccc4c(c3)oc3ccc(-n5c6ccccc6c6ccccc65)cc34)cc2)cc1. The molecular weight excluding hydrogens is 621 g/mol. The molecule has 240 valence electrons. The van der Waals surface area contributed by atoms with Crippen LogP contribution >= 0.6 is 0 Å². The van der Waals surface area contributed by atoms with Gasteiger partial charge in [0, 0.05) is 50.4 Å². The van der Waals surface area contributed by atoms with Gasteiger partial charge < -0.3 is 13.9 Å². The number of nitrogens with zero attached hydrogens (tertiary/aromatic N) is 2. The second kappa shape index (κ2) is 11.9. The lowest BCUT2D eigenvalue weighted by Crippen LogP contribution is -2.09. The lowest BCUT2D eigenvalue weighted by Gasteiger charge is -2.26. The lowest BCUT2D eigenvalue weighted by molar-refractivity contribution is 0.669. The van der Waals surface area contributed by atoms with Gasteiger partial charge >= 0.3 is 0 Å². The van der Waals surface area contributed by atoms with Crippen molar-refractivity contribution in [3.63, 3.8) is 0 Å². The third-order valence-corrected chi connectivity index (χ3v) is 10.0. The van der Waals surface area contributed by atoms with Gasteiger partial charge in [-0.2, -0.15) is 0 Å². The van der Waals surface area contributed by atoms with Crippen molar-refractivity contribution in [3.8, 4) is 27.9 Å². The van der Waals surface area contributed by atoms with E-state index in [1.54, 1.807) is 0 Å². The topological polar surface area (TPSA) is 21.3 Å². The van der Waals surface area contributed by atoms with Gasteiger partial charge in [-0.3, -0.25) is 0 Å². The second-order valence-electron chi connectivity index (χ2n) is 13.0. The van der Waals surface area contributed by atoms with Crippen LogP contribution in [-0.2, 0) is 0 Å². The standard InChI is InChI=1S/C48H32N2O/c1-3-11-33(12-4-1)35-19-23-37(24-20-35)49(38-25-21-36(22-26-38)34-13-5-2-6-14-34)40-27-29-43-44-31-39(28-30-47(44)51-48(43)32-40)50-45-17-9-7-15-41(45)42-16-8-10-18-46(42)50/h1-32H. The molecule has 51 heavy (non-hydrogen) atoms. The first-order valence-electron chi connectivity index (χ1n) is 17.3. The molecule has 2 heterocycles.